The minimum absolute atomic E-state index is 0.548. The summed E-state index contributed by atoms with van der Waals surface area (Å²) in [5.74, 6) is -0.983. The van der Waals surface area contributed by atoms with Crippen molar-refractivity contribution in [3.63, 3.8) is 0 Å². The van der Waals surface area contributed by atoms with E-state index in [4.69, 9.17) is 16.7 Å². The fourth-order valence-corrected chi connectivity index (χ4v) is 1.24. The van der Waals surface area contributed by atoms with Crippen molar-refractivity contribution in [1.29, 1.82) is 0 Å². The van der Waals surface area contributed by atoms with Crippen LogP contribution in [-0.2, 0) is 12.8 Å². The fourth-order valence-electron chi connectivity index (χ4n) is 1.01. The Balaban J connectivity index is 3.39. The lowest BCUT2D eigenvalue weighted by molar-refractivity contribution is -0.138. The minimum atomic E-state index is -4.64. The molecule has 1 rings (SSSR count). The fraction of sp³-hybridized carbons (Fsp3) is 0.250. The topological polar surface area (TPSA) is 20.2 Å². The second-order valence-electron chi connectivity index (χ2n) is 2.54. The Bertz CT molecular complexity index is 348. The number of benzene rings is 1. The molecule has 0 aliphatic heterocycles. The first-order valence-electron chi connectivity index (χ1n) is 3.53. The normalized spacial score (nSPS) is 11.9. The third-order valence-electron chi connectivity index (χ3n) is 1.66. The van der Waals surface area contributed by atoms with Crippen LogP contribution >= 0.6 is 11.6 Å². The predicted octanol–water partition coefficient (Wildman–Crippen LogP) is 2.99. The minimum Gasteiger partial charge on any atom is -0.392 e. The van der Waals surface area contributed by atoms with Gasteiger partial charge in [-0.15, -0.1) is 0 Å². The van der Waals surface area contributed by atoms with Gasteiger partial charge in [-0.25, -0.2) is 4.39 Å². The molecule has 0 aliphatic carbocycles. The molecule has 0 atom stereocenters. The highest BCUT2D eigenvalue weighted by Crippen LogP contribution is 2.35. The highest BCUT2D eigenvalue weighted by Gasteiger charge is 2.34. The van der Waals surface area contributed by atoms with Crippen molar-refractivity contribution in [2.45, 2.75) is 12.8 Å². The lowest BCUT2D eigenvalue weighted by atomic mass is 10.1. The van der Waals surface area contributed by atoms with E-state index in [0.717, 1.165) is 0 Å². The molecule has 1 N–H and O–H groups in total. The largest absolute Gasteiger partial charge is 0.416 e. The molecule has 1 nitrogen and oxygen atoms in total. The van der Waals surface area contributed by atoms with Crippen LogP contribution in [0, 0.1) is 5.82 Å². The average Bonchev–Trinajstić information content (AvgIpc) is 2.07. The van der Waals surface area contributed by atoms with Crippen molar-refractivity contribution in [1.82, 2.24) is 0 Å². The molecule has 0 saturated heterocycles. The summed E-state index contributed by atoms with van der Waals surface area (Å²) in [5.41, 5.74) is -1.76. The highest BCUT2D eigenvalue weighted by molar-refractivity contribution is 6.31. The maximum Gasteiger partial charge on any atom is 0.416 e. The van der Waals surface area contributed by atoms with Crippen LogP contribution in [0.4, 0.5) is 17.6 Å². The molecule has 0 heterocycles. The first kappa shape index (κ1) is 11.3. The summed E-state index contributed by atoms with van der Waals surface area (Å²) >= 11 is 5.27. The number of rotatable bonds is 1. The van der Waals surface area contributed by atoms with E-state index in [-0.39, 0.29) is 0 Å². The first-order chi connectivity index (χ1) is 6.38. The Morgan fingerprint density at radius 2 is 1.86 bits per heavy atom. The third kappa shape index (κ3) is 1.99. The summed E-state index contributed by atoms with van der Waals surface area (Å²) in [6, 6.07) is 1.16. The number of aliphatic hydroxyl groups excluding tert-OH is 1. The van der Waals surface area contributed by atoms with Gasteiger partial charge in [-0.05, 0) is 12.1 Å². The van der Waals surface area contributed by atoms with Gasteiger partial charge in [0.25, 0.3) is 0 Å². The molecular weight excluding hydrogens is 224 g/mol. The highest BCUT2D eigenvalue weighted by atomic mass is 35.5. The van der Waals surface area contributed by atoms with E-state index in [0.29, 0.717) is 12.1 Å². The summed E-state index contributed by atoms with van der Waals surface area (Å²) in [7, 11) is 0. The molecule has 0 bridgehead atoms. The van der Waals surface area contributed by atoms with Gasteiger partial charge in [0.05, 0.1) is 17.2 Å². The molecule has 0 unspecified atom stereocenters. The molecule has 0 aromatic heterocycles. The molecule has 0 amide bonds. The molecule has 78 valence electrons. The Hall–Kier alpha value is -0.810. The van der Waals surface area contributed by atoms with E-state index < -0.39 is 34.7 Å². The van der Waals surface area contributed by atoms with Crippen LogP contribution in [-0.4, -0.2) is 5.11 Å². The maximum absolute atomic E-state index is 12.7. The van der Waals surface area contributed by atoms with E-state index in [2.05, 4.69) is 0 Å². The van der Waals surface area contributed by atoms with Crippen molar-refractivity contribution in [2.75, 3.05) is 0 Å². The van der Waals surface area contributed by atoms with Crippen LogP contribution in [0.3, 0.4) is 0 Å². The Morgan fingerprint density at radius 1 is 1.29 bits per heavy atom. The smallest absolute Gasteiger partial charge is 0.392 e. The van der Waals surface area contributed by atoms with Gasteiger partial charge in [-0.2, -0.15) is 13.2 Å². The lowest BCUT2D eigenvalue weighted by Gasteiger charge is -2.12. The number of halogens is 5. The summed E-state index contributed by atoms with van der Waals surface area (Å²) in [6.07, 6.45) is -4.64. The zero-order valence-corrected chi connectivity index (χ0v) is 7.45. The quantitative estimate of drug-likeness (QED) is 0.733. The van der Waals surface area contributed by atoms with Gasteiger partial charge < -0.3 is 5.11 Å². The summed E-state index contributed by atoms with van der Waals surface area (Å²) < 4.78 is 49.5. The van der Waals surface area contributed by atoms with Crippen molar-refractivity contribution in [2.24, 2.45) is 0 Å². The van der Waals surface area contributed by atoms with E-state index in [9.17, 15) is 17.6 Å². The molecule has 0 fully saturated rings. The summed E-state index contributed by atoms with van der Waals surface area (Å²) in [4.78, 5) is 0. The van der Waals surface area contributed by atoms with Gasteiger partial charge in [-0.3, -0.25) is 0 Å². The SMILES string of the molecule is OCc1c(C(F)(F)F)ccc(F)c1Cl. The van der Waals surface area contributed by atoms with E-state index in [1.807, 2.05) is 0 Å². The van der Waals surface area contributed by atoms with Gasteiger partial charge in [-0.1, -0.05) is 11.6 Å². The van der Waals surface area contributed by atoms with E-state index >= 15 is 0 Å². The molecule has 14 heavy (non-hydrogen) atoms. The summed E-state index contributed by atoms with van der Waals surface area (Å²) in [6.45, 7) is -0.953. The molecule has 0 aliphatic rings. The maximum atomic E-state index is 12.7. The Morgan fingerprint density at radius 3 is 2.29 bits per heavy atom. The molecule has 0 saturated carbocycles. The van der Waals surface area contributed by atoms with Crippen molar-refractivity contribution >= 4 is 11.6 Å². The molecule has 0 radical (unpaired) electrons. The Labute approximate surface area is 81.9 Å². The number of hydrogen-bond acceptors (Lipinski definition) is 1. The van der Waals surface area contributed by atoms with Gasteiger partial charge in [0.2, 0.25) is 0 Å². The van der Waals surface area contributed by atoms with Crippen molar-refractivity contribution in [3.05, 3.63) is 34.1 Å². The van der Waals surface area contributed by atoms with Crippen LogP contribution < -0.4 is 0 Å². The monoisotopic (exact) mass is 228 g/mol. The second kappa shape index (κ2) is 3.74. The van der Waals surface area contributed by atoms with E-state index in [1.165, 1.54) is 0 Å². The van der Waals surface area contributed by atoms with Crippen LogP contribution in [0.25, 0.3) is 0 Å². The van der Waals surface area contributed by atoms with E-state index in [1.54, 1.807) is 0 Å². The van der Waals surface area contributed by atoms with Crippen LogP contribution in [0.15, 0.2) is 12.1 Å². The number of alkyl halides is 3. The molecule has 0 spiro atoms. The van der Waals surface area contributed by atoms with Crippen LogP contribution in [0.5, 0.6) is 0 Å². The van der Waals surface area contributed by atoms with Gasteiger partial charge >= 0.3 is 6.18 Å². The summed E-state index contributed by atoms with van der Waals surface area (Å²) in [5, 5.41) is 7.94. The van der Waals surface area contributed by atoms with Crippen molar-refractivity contribution < 1.29 is 22.7 Å². The van der Waals surface area contributed by atoms with Crippen LogP contribution in [0.2, 0.25) is 5.02 Å². The zero-order valence-electron chi connectivity index (χ0n) is 6.70. The molecular formula is C8H5ClF4O. The second-order valence-corrected chi connectivity index (χ2v) is 2.92. The molecule has 1 aromatic rings. The first-order valence-corrected chi connectivity index (χ1v) is 3.90. The molecule has 6 heteroatoms. The average molecular weight is 229 g/mol. The number of hydrogen-bond donors (Lipinski definition) is 1. The third-order valence-corrected chi connectivity index (χ3v) is 2.07. The predicted molar refractivity (Wildman–Crippen MR) is 42.3 cm³/mol. The Kier molecular flexibility index (Phi) is 3.01. The lowest BCUT2D eigenvalue weighted by Crippen LogP contribution is -2.10. The van der Waals surface area contributed by atoms with Gasteiger partial charge in [0.1, 0.15) is 5.82 Å². The van der Waals surface area contributed by atoms with Gasteiger partial charge in [0.15, 0.2) is 0 Å². The van der Waals surface area contributed by atoms with Crippen LogP contribution in [0.1, 0.15) is 11.1 Å². The standard InChI is InChI=1S/C8H5ClF4O/c9-7-4(3-14)5(8(11,12)13)1-2-6(7)10/h1-2,14H,3H2. The zero-order chi connectivity index (χ0) is 10.9. The van der Waals surface area contributed by atoms with Gasteiger partial charge in [0, 0.05) is 5.56 Å². The van der Waals surface area contributed by atoms with Crippen molar-refractivity contribution in [3.8, 4) is 0 Å². The number of aliphatic hydroxyl groups is 1. The molecule has 1 aromatic carbocycles.